The summed E-state index contributed by atoms with van der Waals surface area (Å²) in [4.78, 5) is 16.6. The number of amides is 1. The van der Waals surface area contributed by atoms with Gasteiger partial charge in [0, 0.05) is 18.7 Å². The fraction of sp³-hybridized carbons (Fsp3) is 0.263. The second-order valence-corrected chi connectivity index (χ2v) is 5.91. The molecule has 0 atom stereocenters. The van der Waals surface area contributed by atoms with Crippen molar-refractivity contribution in [3.8, 4) is 0 Å². The Morgan fingerprint density at radius 2 is 1.87 bits per heavy atom. The number of carbonyl (C=O) groups is 1. The lowest BCUT2D eigenvalue weighted by molar-refractivity contribution is 0.0952. The van der Waals surface area contributed by atoms with E-state index in [9.17, 15) is 4.79 Å². The highest BCUT2D eigenvalue weighted by Crippen LogP contribution is 2.12. The van der Waals surface area contributed by atoms with Crippen LogP contribution in [0.15, 0.2) is 48.8 Å². The summed E-state index contributed by atoms with van der Waals surface area (Å²) in [5, 5.41) is 2.99. The SMILES string of the molecule is Cc1cc(C)cc(C(=O)NCCCn2cnc3ccccc32)c1. The van der Waals surface area contributed by atoms with Crippen molar-refractivity contribution in [3.63, 3.8) is 0 Å². The van der Waals surface area contributed by atoms with Gasteiger partial charge in [-0.1, -0.05) is 29.3 Å². The van der Waals surface area contributed by atoms with Gasteiger partial charge in [0.2, 0.25) is 0 Å². The van der Waals surface area contributed by atoms with E-state index >= 15 is 0 Å². The number of imidazole rings is 1. The molecule has 1 N–H and O–H groups in total. The topological polar surface area (TPSA) is 46.9 Å². The van der Waals surface area contributed by atoms with Crippen LogP contribution in [0.1, 0.15) is 27.9 Å². The molecule has 2 aromatic carbocycles. The Morgan fingerprint density at radius 1 is 1.13 bits per heavy atom. The number of fused-ring (bicyclic) bond motifs is 1. The second kappa shape index (κ2) is 6.65. The Morgan fingerprint density at radius 3 is 2.65 bits per heavy atom. The van der Waals surface area contributed by atoms with Crippen molar-refractivity contribution in [2.24, 2.45) is 0 Å². The maximum Gasteiger partial charge on any atom is 0.251 e. The molecule has 1 heterocycles. The average Bonchev–Trinajstić information content (AvgIpc) is 2.94. The van der Waals surface area contributed by atoms with Crippen LogP contribution in [-0.4, -0.2) is 22.0 Å². The minimum Gasteiger partial charge on any atom is -0.352 e. The zero-order valence-corrected chi connectivity index (χ0v) is 13.5. The monoisotopic (exact) mass is 307 g/mol. The summed E-state index contributed by atoms with van der Waals surface area (Å²) in [5.74, 6) is -0.00714. The number of carbonyl (C=O) groups excluding carboxylic acids is 1. The highest BCUT2D eigenvalue weighted by Gasteiger charge is 2.06. The first-order valence-electron chi connectivity index (χ1n) is 7.90. The molecule has 4 heteroatoms. The predicted octanol–water partition coefficient (Wildman–Crippen LogP) is 3.47. The van der Waals surface area contributed by atoms with Gasteiger partial charge in [-0.05, 0) is 44.5 Å². The third-order valence-corrected chi connectivity index (χ3v) is 3.87. The maximum absolute atomic E-state index is 12.2. The van der Waals surface area contributed by atoms with Crippen molar-refractivity contribution >= 4 is 16.9 Å². The highest BCUT2D eigenvalue weighted by atomic mass is 16.1. The molecule has 0 unspecified atom stereocenters. The minimum atomic E-state index is -0.00714. The number of benzene rings is 2. The molecule has 0 saturated heterocycles. The molecule has 0 aliphatic carbocycles. The second-order valence-electron chi connectivity index (χ2n) is 5.91. The van der Waals surface area contributed by atoms with E-state index in [0.717, 1.165) is 40.7 Å². The Balaban J connectivity index is 1.54. The van der Waals surface area contributed by atoms with Crippen LogP contribution >= 0.6 is 0 Å². The third kappa shape index (κ3) is 3.59. The highest BCUT2D eigenvalue weighted by molar-refractivity contribution is 5.94. The van der Waals surface area contributed by atoms with Gasteiger partial charge in [-0.2, -0.15) is 0 Å². The summed E-state index contributed by atoms with van der Waals surface area (Å²) in [6.07, 6.45) is 2.73. The molecular formula is C19H21N3O. The number of rotatable bonds is 5. The molecule has 0 bridgehead atoms. The minimum absolute atomic E-state index is 0.00714. The number of hydrogen-bond acceptors (Lipinski definition) is 2. The maximum atomic E-state index is 12.2. The van der Waals surface area contributed by atoms with Crippen LogP contribution < -0.4 is 5.32 Å². The summed E-state index contributed by atoms with van der Waals surface area (Å²) in [7, 11) is 0. The molecule has 23 heavy (non-hydrogen) atoms. The number of aromatic nitrogens is 2. The van der Waals surface area contributed by atoms with E-state index in [1.54, 1.807) is 0 Å². The molecule has 3 aromatic rings. The number of hydrogen-bond donors (Lipinski definition) is 1. The van der Waals surface area contributed by atoms with E-state index in [1.165, 1.54) is 0 Å². The van der Waals surface area contributed by atoms with Gasteiger partial charge in [0.15, 0.2) is 0 Å². The van der Waals surface area contributed by atoms with E-state index in [0.29, 0.717) is 6.54 Å². The van der Waals surface area contributed by atoms with E-state index in [1.807, 2.05) is 50.5 Å². The van der Waals surface area contributed by atoms with E-state index in [-0.39, 0.29) is 5.91 Å². The number of aryl methyl sites for hydroxylation is 3. The first kappa shape index (κ1) is 15.3. The Kier molecular flexibility index (Phi) is 4.42. The standard InChI is InChI=1S/C19H21N3O/c1-14-10-15(2)12-16(11-14)19(23)20-8-5-9-22-13-21-17-6-3-4-7-18(17)22/h3-4,6-7,10-13H,5,8-9H2,1-2H3,(H,20,23). The van der Waals surface area contributed by atoms with Gasteiger partial charge < -0.3 is 9.88 Å². The molecule has 1 amide bonds. The first-order valence-corrected chi connectivity index (χ1v) is 7.90. The van der Waals surface area contributed by atoms with Gasteiger partial charge in [0.25, 0.3) is 5.91 Å². The lowest BCUT2D eigenvalue weighted by Crippen LogP contribution is -2.25. The molecule has 118 valence electrons. The van der Waals surface area contributed by atoms with Crippen molar-refractivity contribution in [3.05, 3.63) is 65.5 Å². The van der Waals surface area contributed by atoms with Gasteiger partial charge in [-0.15, -0.1) is 0 Å². The van der Waals surface area contributed by atoms with Gasteiger partial charge in [0.1, 0.15) is 0 Å². The lowest BCUT2D eigenvalue weighted by Gasteiger charge is -2.08. The van der Waals surface area contributed by atoms with E-state index in [4.69, 9.17) is 0 Å². The Bertz CT molecular complexity index is 815. The van der Waals surface area contributed by atoms with Gasteiger partial charge in [-0.3, -0.25) is 4.79 Å². The molecule has 0 fully saturated rings. The summed E-state index contributed by atoms with van der Waals surface area (Å²) in [5.41, 5.74) is 5.09. The lowest BCUT2D eigenvalue weighted by atomic mass is 10.1. The molecule has 0 aliphatic rings. The Labute approximate surface area is 136 Å². The average molecular weight is 307 g/mol. The van der Waals surface area contributed by atoms with Crippen LogP contribution in [0.4, 0.5) is 0 Å². The van der Waals surface area contributed by atoms with Crippen molar-refractivity contribution in [1.29, 1.82) is 0 Å². The zero-order chi connectivity index (χ0) is 16.2. The van der Waals surface area contributed by atoms with Crippen molar-refractivity contribution in [2.75, 3.05) is 6.54 Å². The molecule has 3 rings (SSSR count). The van der Waals surface area contributed by atoms with Gasteiger partial charge in [-0.25, -0.2) is 4.98 Å². The fourth-order valence-corrected chi connectivity index (χ4v) is 2.85. The molecule has 0 spiro atoms. The smallest absolute Gasteiger partial charge is 0.251 e. The first-order chi connectivity index (χ1) is 11.1. The number of nitrogens with zero attached hydrogens (tertiary/aromatic N) is 2. The molecular weight excluding hydrogens is 286 g/mol. The van der Waals surface area contributed by atoms with Crippen LogP contribution in [0.3, 0.4) is 0 Å². The number of para-hydroxylation sites is 2. The molecule has 0 aliphatic heterocycles. The van der Waals surface area contributed by atoms with E-state index in [2.05, 4.69) is 27.0 Å². The fourth-order valence-electron chi connectivity index (χ4n) is 2.85. The van der Waals surface area contributed by atoms with Crippen LogP contribution in [0.25, 0.3) is 11.0 Å². The quantitative estimate of drug-likeness (QED) is 0.734. The van der Waals surface area contributed by atoms with Crippen molar-refractivity contribution in [2.45, 2.75) is 26.8 Å². The van der Waals surface area contributed by atoms with Crippen LogP contribution in [0, 0.1) is 13.8 Å². The summed E-state index contributed by atoms with van der Waals surface area (Å²) in [6.45, 7) is 5.51. The summed E-state index contributed by atoms with van der Waals surface area (Å²) < 4.78 is 2.12. The molecule has 0 radical (unpaired) electrons. The molecule has 0 saturated carbocycles. The van der Waals surface area contributed by atoms with Crippen LogP contribution in [0.2, 0.25) is 0 Å². The molecule has 1 aromatic heterocycles. The van der Waals surface area contributed by atoms with Crippen LogP contribution in [0.5, 0.6) is 0 Å². The largest absolute Gasteiger partial charge is 0.352 e. The predicted molar refractivity (Wildman–Crippen MR) is 92.6 cm³/mol. The summed E-state index contributed by atoms with van der Waals surface area (Å²) >= 11 is 0. The van der Waals surface area contributed by atoms with Crippen molar-refractivity contribution in [1.82, 2.24) is 14.9 Å². The zero-order valence-electron chi connectivity index (χ0n) is 13.5. The normalized spacial score (nSPS) is 10.9. The number of nitrogens with one attached hydrogen (secondary N) is 1. The summed E-state index contributed by atoms with van der Waals surface area (Å²) in [6, 6.07) is 14.0. The van der Waals surface area contributed by atoms with Gasteiger partial charge >= 0.3 is 0 Å². The third-order valence-electron chi connectivity index (χ3n) is 3.87. The van der Waals surface area contributed by atoms with E-state index < -0.39 is 0 Å². The Hall–Kier alpha value is -2.62. The van der Waals surface area contributed by atoms with Crippen LogP contribution in [-0.2, 0) is 6.54 Å². The van der Waals surface area contributed by atoms with Gasteiger partial charge in [0.05, 0.1) is 17.4 Å². The van der Waals surface area contributed by atoms with Crippen molar-refractivity contribution < 1.29 is 4.79 Å². The molecule has 4 nitrogen and oxygen atoms in total.